The number of nitriles is 1. The topological polar surface area (TPSA) is 73.1 Å². The molecule has 0 aromatic heterocycles. The molecule has 0 fully saturated rings. The highest BCUT2D eigenvalue weighted by atomic mass is 19.1. The fraction of sp³-hybridized carbons (Fsp3) is 0. The Morgan fingerprint density at radius 3 is 2.50 bits per heavy atom. The molecule has 0 saturated carbocycles. The van der Waals surface area contributed by atoms with Crippen LogP contribution in [0.25, 0.3) is 0 Å². The molecule has 0 heterocycles. The lowest BCUT2D eigenvalue weighted by atomic mass is 10.1. The summed E-state index contributed by atoms with van der Waals surface area (Å²) in [5.74, 6) is -2.78. The van der Waals surface area contributed by atoms with Crippen LogP contribution in [0, 0.1) is 23.0 Å². The van der Waals surface area contributed by atoms with Crippen LogP contribution in [0.2, 0.25) is 0 Å². The first-order valence-corrected chi connectivity index (χ1v) is 5.51. The van der Waals surface area contributed by atoms with Crippen LogP contribution in [0.5, 0.6) is 0 Å². The largest absolute Gasteiger partial charge is 0.478 e. The number of aromatic carboxylic acids is 1. The Morgan fingerprint density at radius 1 is 1.15 bits per heavy atom. The zero-order valence-electron chi connectivity index (χ0n) is 10.0. The van der Waals surface area contributed by atoms with Gasteiger partial charge in [0.1, 0.15) is 23.3 Å². The van der Waals surface area contributed by atoms with Crippen molar-refractivity contribution in [2.45, 2.75) is 0 Å². The Balaban J connectivity index is 2.39. The standard InChI is InChI=1S/C14H8F2N2O2/c15-10-2-1-3-12(9(10)7-17)18-13-5-4-8(14(19)20)6-11(13)16/h1-6,18H,(H,19,20). The van der Waals surface area contributed by atoms with E-state index in [1.807, 2.05) is 0 Å². The van der Waals surface area contributed by atoms with Crippen LogP contribution in [0.3, 0.4) is 0 Å². The summed E-state index contributed by atoms with van der Waals surface area (Å²) in [7, 11) is 0. The van der Waals surface area contributed by atoms with Crippen LogP contribution in [0.4, 0.5) is 20.2 Å². The molecule has 0 radical (unpaired) electrons. The van der Waals surface area contributed by atoms with Crippen molar-refractivity contribution >= 4 is 17.3 Å². The molecule has 0 unspecified atom stereocenters. The number of hydrogen-bond donors (Lipinski definition) is 2. The third-order valence-corrected chi connectivity index (χ3v) is 2.61. The van der Waals surface area contributed by atoms with Crippen molar-refractivity contribution in [3.05, 3.63) is 59.2 Å². The summed E-state index contributed by atoms with van der Waals surface area (Å²) in [4.78, 5) is 10.7. The lowest BCUT2D eigenvalue weighted by Crippen LogP contribution is -2.01. The van der Waals surface area contributed by atoms with Crippen molar-refractivity contribution in [2.24, 2.45) is 0 Å². The van der Waals surface area contributed by atoms with Gasteiger partial charge in [-0.3, -0.25) is 0 Å². The second-order valence-corrected chi connectivity index (χ2v) is 3.90. The van der Waals surface area contributed by atoms with Crippen LogP contribution < -0.4 is 5.32 Å². The van der Waals surface area contributed by atoms with Crippen molar-refractivity contribution in [3.8, 4) is 6.07 Å². The minimum Gasteiger partial charge on any atom is -0.478 e. The maximum atomic E-state index is 13.7. The van der Waals surface area contributed by atoms with Crippen LogP contribution in [0.1, 0.15) is 15.9 Å². The molecule has 100 valence electrons. The molecule has 0 atom stereocenters. The molecule has 0 bridgehead atoms. The highest BCUT2D eigenvalue weighted by Gasteiger charge is 2.12. The molecule has 6 heteroatoms. The van der Waals surface area contributed by atoms with E-state index in [4.69, 9.17) is 10.4 Å². The quantitative estimate of drug-likeness (QED) is 0.900. The summed E-state index contributed by atoms with van der Waals surface area (Å²) >= 11 is 0. The van der Waals surface area contributed by atoms with E-state index >= 15 is 0 Å². The van der Waals surface area contributed by atoms with Gasteiger partial charge in [-0.25, -0.2) is 13.6 Å². The molecule has 2 aromatic rings. The number of nitrogens with one attached hydrogen (secondary N) is 1. The van der Waals surface area contributed by atoms with Crippen molar-refractivity contribution in [3.63, 3.8) is 0 Å². The minimum atomic E-state index is -1.25. The van der Waals surface area contributed by atoms with Crippen molar-refractivity contribution in [1.82, 2.24) is 0 Å². The Bertz CT molecular complexity index is 724. The molecule has 2 aromatic carbocycles. The zero-order valence-corrected chi connectivity index (χ0v) is 10.0. The average molecular weight is 274 g/mol. The van der Waals surface area contributed by atoms with E-state index in [0.717, 1.165) is 12.1 Å². The molecule has 0 spiro atoms. The third kappa shape index (κ3) is 2.57. The highest BCUT2D eigenvalue weighted by Crippen LogP contribution is 2.25. The van der Waals surface area contributed by atoms with Crippen molar-refractivity contribution in [2.75, 3.05) is 5.32 Å². The van der Waals surface area contributed by atoms with Gasteiger partial charge < -0.3 is 10.4 Å². The van der Waals surface area contributed by atoms with Crippen molar-refractivity contribution in [1.29, 1.82) is 5.26 Å². The maximum Gasteiger partial charge on any atom is 0.335 e. The second-order valence-electron chi connectivity index (χ2n) is 3.90. The molecule has 4 nitrogen and oxygen atoms in total. The van der Waals surface area contributed by atoms with Crippen molar-refractivity contribution < 1.29 is 18.7 Å². The van der Waals surface area contributed by atoms with Gasteiger partial charge in [-0.15, -0.1) is 0 Å². The first-order valence-electron chi connectivity index (χ1n) is 5.51. The minimum absolute atomic E-state index is 0.0444. The first-order chi connectivity index (χ1) is 9.52. The number of carboxylic acid groups (broad SMARTS) is 1. The summed E-state index contributed by atoms with van der Waals surface area (Å²) in [6.07, 6.45) is 0. The van der Waals surface area contributed by atoms with Gasteiger partial charge in [-0.2, -0.15) is 5.26 Å². The van der Waals surface area contributed by atoms with Crippen LogP contribution in [-0.2, 0) is 0 Å². The number of benzene rings is 2. The third-order valence-electron chi connectivity index (χ3n) is 2.61. The SMILES string of the molecule is N#Cc1c(F)cccc1Nc1ccc(C(=O)O)cc1F. The number of rotatable bonds is 3. The fourth-order valence-corrected chi connectivity index (χ4v) is 1.64. The molecular weight excluding hydrogens is 266 g/mol. The summed E-state index contributed by atoms with van der Waals surface area (Å²) in [5.41, 5.74) is -0.381. The van der Waals surface area contributed by atoms with Gasteiger partial charge in [-0.1, -0.05) is 6.07 Å². The maximum absolute atomic E-state index is 13.7. The number of hydrogen-bond acceptors (Lipinski definition) is 3. The van der Waals surface area contributed by atoms with Gasteiger partial charge in [0, 0.05) is 0 Å². The van der Waals surface area contributed by atoms with Gasteiger partial charge in [0.15, 0.2) is 0 Å². The molecule has 0 amide bonds. The summed E-state index contributed by atoms with van der Waals surface area (Å²) < 4.78 is 27.1. The molecule has 0 saturated heterocycles. The molecule has 0 aliphatic carbocycles. The van der Waals surface area contributed by atoms with E-state index in [-0.39, 0.29) is 22.5 Å². The van der Waals surface area contributed by atoms with Gasteiger partial charge in [-0.05, 0) is 30.3 Å². The summed E-state index contributed by atoms with van der Waals surface area (Å²) in [6.45, 7) is 0. The van der Waals surface area contributed by atoms with E-state index in [1.165, 1.54) is 24.3 Å². The molecule has 2 N–H and O–H groups in total. The van der Waals surface area contributed by atoms with Gasteiger partial charge in [0.05, 0.1) is 16.9 Å². The first kappa shape index (κ1) is 13.5. The van der Waals surface area contributed by atoms with Gasteiger partial charge >= 0.3 is 5.97 Å². The normalized spacial score (nSPS) is 9.85. The van der Waals surface area contributed by atoms with E-state index in [2.05, 4.69) is 5.32 Å². The Labute approximate surface area is 112 Å². The molecule has 20 heavy (non-hydrogen) atoms. The lowest BCUT2D eigenvalue weighted by Gasteiger charge is -2.10. The van der Waals surface area contributed by atoms with Gasteiger partial charge in [0.25, 0.3) is 0 Å². The molecule has 0 aliphatic heterocycles. The predicted octanol–water partition coefficient (Wildman–Crippen LogP) is 3.28. The zero-order chi connectivity index (χ0) is 14.7. The highest BCUT2D eigenvalue weighted by molar-refractivity contribution is 5.88. The summed E-state index contributed by atoms with van der Waals surface area (Å²) in [6, 6.07) is 8.86. The molecule has 2 rings (SSSR count). The van der Waals surface area contributed by atoms with Gasteiger partial charge in [0.2, 0.25) is 0 Å². The van der Waals surface area contributed by atoms with E-state index in [0.29, 0.717) is 0 Å². The predicted molar refractivity (Wildman–Crippen MR) is 67.8 cm³/mol. The Kier molecular flexibility index (Phi) is 3.62. The summed E-state index contributed by atoms with van der Waals surface area (Å²) in [5, 5.41) is 20.2. The van der Waals surface area contributed by atoms with Crippen LogP contribution >= 0.6 is 0 Å². The van der Waals surface area contributed by atoms with Crippen LogP contribution in [0.15, 0.2) is 36.4 Å². The van der Waals surface area contributed by atoms with Crippen LogP contribution in [-0.4, -0.2) is 11.1 Å². The average Bonchev–Trinajstić information content (AvgIpc) is 2.41. The molecular formula is C14H8F2N2O2. The second kappa shape index (κ2) is 5.36. The van der Waals surface area contributed by atoms with E-state index < -0.39 is 17.6 Å². The number of nitrogens with zero attached hydrogens (tertiary/aromatic N) is 1. The molecule has 0 aliphatic rings. The number of carbonyl (C=O) groups is 1. The fourth-order valence-electron chi connectivity index (χ4n) is 1.64. The lowest BCUT2D eigenvalue weighted by molar-refractivity contribution is 0.0696. The monoisotopic (exact) mass is 274 g/mol. The number of carboxylic acids is 1. The van der Waals surface area contributed by atoms with E-state index in [9.17, 15) is 13.6 Å². The Morgan fingerprint density at radius 2 is 1.90 bits per heavy atom. The smallest absolute Gasteiger partial charge is 0.335 e. The van der Waals surface area contributed by atoms with E-state index in [1.54, 1.807) is 6.07 Å². The Hall–Kier alpha value is -2.94. The number of halogens is 2. The number of anilines is 2.